The van der Waals surface area contributed by atoms with Gasteiger partial charge >= 0.3 is 0 Å². The van der Waals surface area contributed by atoms with Crippen molar-refractivity contribution < 1.29 is 8.78 Å². The molecule has 0 saturated carbocycles. The van der Waals surface area contributed by atoms with Crippen LogP contribution in [0.3, 0.4) is 0 Å². The zero-order valence-electron chi connectivity index (χ0n) is 16.0. The lowest BCUT2D eigenvalue weighted by Crippen LogP contribution is -2.54. The highest BCUT2D eigenvalue weighted by Gasteiger charge is 2.49. The molecule has 0 amide bonds. The number of hydrogen-bond donors (Lipinski definition) is 0. The number of nitrogens with zero attached hydrogens (tertiary/aromatic N) is 2. The normalized spacial score (nSPS) is 29.0. The van der Waals surface area contributed by atoms with E-state index in [0.717, 1.165) is 39.0 Å². The van der Waals surface area contributed by atoms with Gasteiger partial charge in [-0.1, -0.05) is 20.8 Å². The van der Waals surface area contributed by atoms with Crippen molar-refractivity contribution in [2.75, 3.05) is 32.7 Å². The second kappa shape index (κ2) is 6.59. The third-order valence-corrected chi connectivity index (χ3v) is 5.80. The van der Waals surface area contributed by atoms with Crippen LogP contribution < -0.4 is 0 Å². The van der Waals surface area contributed by atoms with Gasteiger partial charge in [-0.2, -0.15) is 0 Å². The van der Waals surface area contributed by atoms with E-state index >= 15 is 0 Å². The molecule has 0 aromatic carbocycles. The van der Waals surface area contributed by atoms with E-state index < -0.39 is 11.8 Å². The van der Waals surface area contributed by atoms with E-state index in [4.69, 9.17) is 0 Å². The summed E-state index contributed by atoms with van der Waals surface area (Å²) in [7, 11) is 0. The second-order valence-electron chi connectivity index (χ2n) is 9.80. The zero-order valence-corrected chi connectivity index (χ0v) is 16.0. The molecule has 2 nitrogen and oxygen atoms in total. The Bertz CT molecular complexity index is 387. The zero-order chi connectivity index (χ0) is 17.5. The lowest BCUT2D eigenvalue weighted by molar-refractivity contribution is -0.146. The fourth-order valence-corrected chi connectivity index (χ4v) is 4.38. The molecule has 2 aliphatic heterocycles. The van der Waals surface area contributed by atoms with Crippen molar-refractivity contribution in [3.8, 4) is 0 Å². The van der Waals surface area contributed by atoms with Crippen molar-refractivity contribution >= 4 is 0 Å². The maximum absolute atomic E-state index is 14.5. The van der Waals surface area contributed by atoms with Gasteiger partial charge in [0.2, 0.25) is 0 Å². The van der Waals surface area contributed by atoms with Crippen LogP contribution in [0.4, 0.5) is 8.78 Å². The number of piperidine rings is 2. The van der Waals surface area contributed by atoms with Crippen molar-refractivity contribution in [1.82, 2.24) is 9.80 Å². The van der Waals surface area contributed by atoms with Gasteiger partial charge < -0.3 is 0 Å². The molecule has 0 aliphatic carbocycles. The molecule has 2 rings (SSSR count). The van der Waals surface area contributed by atoms with Crippen molar-refractivity contribution in [2.24, 2.45) is 17.3 Å². The van der Waals surface area contributed by atoms with E-state index in [-0.39, 0.29) is 17.5 Å². The molecule has 2 fully saturated rings. The van der Waals surface area contributed by atoms with Gasteiger partial charge in [0, 0.05) is 18.0 Å². The van der Waals surface area contributed by atoms with Crippen LogP contribution in [0.15, 0.2) is 0 Å². The Balaban J connectivity index is 1.85. The molecule has 2 saturated heterocycles. The first-order valence-corrected chi connectivity index (χ1v) is 9.25. The molecule has 4 heteroatoms. The van der Waals surface area contributed by atoms with Crippen LogP contribution >= 0.6 is 0 Å². The summed E-state index contributed by atoms with van der Waals surface area (Å²) in [6, 6.07) is 0. The lowest BCUT2D eigenvalue weighted by Gasteiger charge is -2.46. The topological polar surface area (TPSA) is 6.48 Å². The minimum atomic E-state index is -2.55. The molecule has 23 heavy (non-hydrogen) atoms. The van der Waals surface area contributed by atoms with E-state index in [1.54, 1.807) is 0 Å². The first kappa shape index (κ1) is 19.1. The molecule has 136 valence electrons. The minimum absolute atomic E-state index is 0.0472. The van der Waals surface area contributed by atoms with Gasteiger partial charge in [-0.05, 0) is 71.0 Å². The quantitative estimate of drug-likeness (QED) is 0.735. The molecule has 0 spiro atoms. The summed E-state index contributed by atoms with van der Waals surface area (Å²) in [6.07, 6.45) is 2.90. The molecular formula is C19H36F2N2. The van der Waals surface area contributed by atoms with Crippen molar-refractivity contribution in [1.29, 1.82) is 0 Å². The third-order valence-electron chi connectivity index (χ3n) is 5.80. The van der Waals surface area contributed by atoms with Gasteiger partial charge in [0.1, 0.15) is 0 Å². The summed E-state index contributed by atoms with van der Waals surface area (Å²) in [4.78, 5) is 4.55. The first-order chi connectivity index (χ1) is 10.4. The third kappa shape index (κ3) is 4.88. The summed E-state index contributed by atoms with van der Waals surface area (Å²) in [5.74, 6) is -2.47. The van der Waals surface area contributed by atoms with E-state index in [1.807, 2.05) is 25.7 Å². The summed E-state index contributed by atoms with van der Waals surface area (Å²) in [5, 5.41) is 0. The van der Waals surface area contributed by atoms with E-state index in [2.05, 4.69) is 25.7 Å². The van der Waals surface area contributed by atoms with E-state index in [0.29, 0.717) is 12.3 Å². The first-order valence-electron chi connectivity index (χ1n) is 9.25. The van der Waals surface area contributed by atoms with Gasteiger partial charge in [-0.3, -0.25) is 9.80 Å². The molecule has 2 heterocycles. The average Bonchev–Trinajstić information content (AvgIpc) is 2.35. The van der Waals surface area contributed by atoms with Crippen LogP contribution in [-0.2, 0) is 0 Å². The predicted octanol–water partition coefficient (Wildman–Crippen LogP) is 4.50. The Hall–Kier alpha value is -0.220. The SMILES string of the molecule is CC(C)(C)C1CCN(CC2CCN(C(C)(C)C)CC2)CC1(F)F. The van der Waals surface area contributed by atoms with Crippen LogP contribution in [0.25, 0.3) is 0 Å². The standard InChI is InChI=1S/C19H36F2N2/c1-17(2,3)16-9-10-22(14-19(16,20)21)13-15-7-11-23(12-8-15)18(4,5)6/h15-16H,7-14H2,1-6H3. The van der Waals surface area contributed by atoms with Gasteiger partial charge in [0.05, 0.1) is 6.54 Å². The molecule has 0 aromatic heterocycles. The maximum Gasteiger partial charge on any atom is 0.263 e. The minimum Gasteiger partial charge on any atom is -0.298 e. The smallest absolute Gasteiger partial charge is 0.263 e. The number of rotatable bonds is 2. The summed E-state index contributed by atoms with van der Waals surface area (Å²) < 4.78 is 29.1. The summed E-state index contributed by atoms with van der Waals surface area (Å²) in [6.45, 7) is 16.4. The summed E-state index contributed by atoms with van der Waals surface area (Å²) in [5.41, 5.74) is -0.0866. The molecular weight excluding hydrogens is 294 g/mol. The molecule has 0 aromatic rings. The number of halogens is 2. The highest BCUT2D eigenvalue weighted by molar-refractivity contribution is 4.93. The molecule has 2 aliphatic rings. The number of hydrogen-bond acceptors (Lipinski definition) is 2. The highest BCUT2D eigenvalue weighted by atomic mass is 19.3. The average molecular weight is 331 g/mol. The van der Waals surface area contributed by atoms with Gasteiger partial charge in [0.15, 0.2) is 0 Å². The molecule has 0 bridgehead atoms. The Labute approximate surface area is 141 Å². The van der Waals surface area contributed by atoms with Crippen molar-refractivity contribution in [3.05, 3.63) is 0 Å². The van der Waals surface area contributed by atoms with Crippen LogP contribution in [0, 0.1) is 17.3 Å². The van der Waals surface area contributed by atoms with Crippen LogP contribution in [0.5, 0.6) is 0 Å². The predicted molar refractivity (Wildman–Crippen MR) is 93.0 cm³/mol. The number of likely N-dealkylation sites (tertiary alicyclic amines) is 2. The second-order valence-corrected chi connectivity index (χ2v) is 9.80. The van der Waals surface area contributed by atoms with E-state index in [9.17, 15) is 8.78 Å². The highest BCUT2D eigenvalue weighted by Crippen LogP contribution is 2.44. The molecule has 0 N–H and O–H groups in total. The maximum atomic E-state index is 14.5. The summed E-state index contributed by atoms with van der Waals surface area (Å²) >= 11 is 0. The largest absolute Gasteiger partial charge is 0.298 e. The molecule has 0 radical (unpaired) electrons. The Morgan fingerprint density at radius 2 is 1.48 bits per heavy atom. The lowest BCUT2D eigenvalue weighted by atomic mass is 9.73. The van der Waals surface area contributed by atoms with Crippen molar-refractivity contribution in [3.63, 3.8) is 0 Å². The Kier molecular flexibility index (Phi) is 5.47. The fourth-order valence-electron chi connectivity index (χ4n) is 4.38. The van der Waals surface area contributed by atoms with Gasteiger partial charge in [-0.25, -0.2) is 8.78 Å². The molecule has 1 unspecified atom stereocenters. The monoisotopic (exact) mass is 330 g/mol. The molecule has 1 atom stereocenters. The fraction of sp³-hybridized carbons (Fsp3) is 1.00. The van der Waals surface area contributed by atoms with Crippen LogP contribution in [-0.4, -0.2) is 54.0 Å². The van der Waals surface area contributed by atoms with E-state index in [1.165, 1.54) is 0 Å². The van der Waals surface area contributed by atoms with Gasteiger partial charge in [-0.15, -0.1) is 0 Å². The van der Waals surface area contributed by atoms with Crippen molar-refractivity contribution in [2.45, 2.75) is 72.3 Å². The van der Waals surface area contributed by atoms with Gasteiger partial charge in [0.25, 0.3) is 5.92 Å². The Morgan fingerprint density at radius 1 is 0.913 bits per heavy atom. The Morgan fingerprint density at radius 3 is 1.91 bits per heavy atom. The van der Waals surface area contributed by atoms with Crippen LogP contribution in [0.2, 0.25) is 0 Å². The van der Waals surface area contributed by atoms with Crippen LogP contribution in [0.1, 0.15) is 60.8 Å². The number of alkyl halides is 2.